The maximum absolute atomic E-state index is 12.2. The minimum atomic E-state index is -0.435. The van der Waals surface area contributed by atoms with Gasteiger partial charge in [0.25, 0.3) is 0 Å². The molecule has 4 aliphatic heterocycles. The zero-order valence-electron chi connectivity index (χ0n) is 22.9. The quantitative estimate of drug-likeness (QED) is 0.550. The highest BCUT2D eigenvalue weighted by Crippen LogP contribution is 2.32. The Morgan fingerprint density at radius 1 is 0.795 bits per heavy atom. The molecule has 1 N–H and O–H groups in total. The number of hydrogen-bond acceptors (Lipinski definition) is 9. The highest BCUT2D eigenvalue weighted by molar-refractivity contribution is 6.28. The predicted octanol–water partition coefficient (Wildman–Crippen LogP) is 3.21. The summed E-state index contributed by atoms with van der Waals surface area (Å²) >= 11 is 11.4. The number of fused-ring (bicyclic) bond motifs is 2. The second-order valence-electron chi connectivity index (χ2n) is 12.2. The van der Waals surface area contributed by atoms with Crippen molar-refractivity contribution in [1.29, 1.82) is 0 Å². The van der Waals surface area contributed by atoms with Gasteiger partial charge in [-0.3, -0.25) is 9.80 Å². The molecule has 0 bridgehead atoms. The number of nitrogens with zero attached hydrogens (tertiary/aromatic N) is 7. The van der Waals surface area contributed by atoms with Crippen LogP contribution >= 0.6 is 23.2 Å². The second kappa shape index (κ2) is 12.2. The molecule has 6 rings (SSSR count). The Bertz CT molecular complexity index is 1090. The van der Waals surface area contributed by atoms with Crippen molar-refractivity contribution in [3.63, 3.8) is 0 Å². The molecule has 0 radical (unpaired) electrons. The van der Waals surface area contributed by atoms with Gasteiger partial charge in [0.1, 0.15) is 5.60 Å². The summed E-state index contributed by atoms with van der Waals surface area (Å²) in [6, 6.07) is 0. The number of carbonyl (C=O) groups is 1. The molecule has 1 amide bonds. The maximum Gasteiger partial charge on any atom is 0.410 e. The summed E-state index contributed by atoms with van der Waals surface area (Å²) < 4.78 is 5.46. The third-order valence-corrected chi connectivity index (χ3v) is 8.23. The van der Waals surface area contributed by atoms with Crippen LogP contribution in [-0.2, 0) is 17.8 Å². The third kappa shape index (κ3) is 7.76. The number of amides is 1. The standard InChI is InChI=1S/C16H23ClN4O2.C11H15ClN4/c1-16(2,3)23-15(22)21-9-12-7-20(8-13(12)10-21)6-11-4-18-14(17)19-5-11;12-11-14-1-8(2-15-11)5-16-6-9-3-13-4-10(9)7-16/h4-5,12-13H,6-10H2,1-3H3;1-2,9-10,13H,3-7H2/t12-,13+;9-,10+. The number of rotatable bonds is 4. The second-order valence-corrected chi connectivity index (χ2v) is 12.9. The molecular formula is C27H38Cl2N8O2. The predicted molar refractivity (Wildman–Crippen MR) is 149 cm³/mol. The highest BCUT2D eigenvalue weighted by Gasteiger charge is 2.42. The molecule has 212 valence electrons. The van der Waals surface area contributed by atoms with Crippen LogP contribution in [0, 0.1) is 23.7 Å². The van der Waals surface area contributed by atoms with Crippen molar-refractivity contribution < 1.29 is 9.53 Å². The number of likely N-dealkylation sites (tertiary alicyclic amines) is 3. The van der Waals surface area contributed by atoms with Gasteiger partial charge in [0.15, 0.2) is 0 Å². The fourth-order valence-corrected chi connectivity index (χ4v) is 6.33. The summed E-state index contributed by atoms with van der Waals surface area (Å²) in [7, 11) is 0. The van der Waals surface area contributed by atoms with E-state index in [9.17, 15) is 4.79 Å². The van der Waals surface area contributed by atoms with Crippen molar-refractivity contribution in [1.82, 2.24) is 40.0 Å². The summed E-state index contributed by atoms with van der Waals surface area (Å²) in [6.07, 6.45) is 7.00. The van der Waals surface area contributed by atoms with Gasteiger partial charge in [0, 0.05) is 88.3 Å². The van der Waals surface area contributed by atoms with E-state index < -0.39 is 5.60 Å². The summed E-state index contributed by atoms with van der Waals surface area (Å²) in [5.74, 6) is 2.73. The summed E-state index contributed by atoms with van der Waals surface area (Å²) in [6.45, 7) is 15.8. The van der Waals surface area contributed by atoms with Gasteiger partial charge in [0.2, 0.25) is 10.6 Å². The fraction of sp³-hybridized carbons (Fsp3) is 0.667. The van der Waals surface area contributed by atoms with E-state index in [4.69, 9.17) is 27.9 Å². The summed E-state index contributed by atoms with van der Waals surface area (Å²) in [4.78, 5) is 35.0. The molecule has 6 heterocycles. The van der Waals surface area contributed by atoms with Crippen LogP contribution in [-0.4, -0.2) is 98.7 Å². The van der Waals surface area contributed by atoms with Crippen LogP contribution in [0.5, 0.6) is 0 Å². The van der Waals surface area contributed by atoms with E-state index in [2.05, 4.69) is 35.1 Å². The van der Waals surface area contributed by atoms with Crippen LogP contribution in [0.1, 0.15) is 31.9 Å². The molecule has 0 saturated carbocycles. The van der Waals surface area contributed by atoms with Crippen molar-refractivity contribution >= 4 is 29.3 Å². The van der Waals surface area contributed by atoms with Crippen molar-refractivity contribution in [2.24, 2.45) is 23.7 Å². The number of carbonyl (C=O) groups excluding carboxylic acids is 1. The molecule has 10 nitrogen and oxygen atoms in total. The lowest BCUT2D eigenvalue weighted by molar-refractivity contribution is 0.0274. The van der Waals surface area contributed by atoms with Crippen LogP contribution in [0.2, 0.25) is 10.6 Å². The smallest absolute Gasteiger partial charge is 0.410 e. The zero-order chi connectivity index (χ0) is 27.6. The first-order valence-corrected chi connectivity index (χ1v) is 14.4. The topological polar surface area (TPSA) is 99.6 Å². The Kier molecular flexibility index (Phi) is 8.88. The molecular weight excluding hydrogens is 539 g/mol. The van der Waals surface area contributed by atoms with Crippen molar-refractivity contribution in [3.8, 4) is 0 Å². The molecule has 2 aromatic heterocycles. The zero-order valence-corrected chi connectivity index (χ0v) is 24.4. The van der Waals surface area contributed by atoms with Crippen LogP contribution < -0.4 is 5.32 Å². The van der Waals surface area contributed by atoms with Crippen LogP contribution in [0.25, 0.3) is 0 Å². The number of nitrogens with one attached hydrogen (secondary N) is 1. The fourth-order valence-electron chi connectivity index (χ4n) is 6.13. The van der Waals surface area contributed by atoms with Gasteiger partial charge >= 0.3 is 6.09 Å². The van der Waals surface area contributed by atoms with Gasteiger partial charge in [-0.1, -0.05) is 0 Å². The molecule has 4 saturated heterocycles. The van der Waals surface area contributed by atoms with E-state index in [1.165, 1.54) is 26.2 Å². The van der Waals surface area contributed by atoms with Gasteiger partial charge in [-0.2, -0.15) is 0 Å². The molecule has 4 atom stereocenters. The van der Waals surface area contributed by atoms with Crippen LogP contribution in [0.3, 0.4) is 0 Å². The van der Waals surface area contributed by atoms with Gasteiger partial charge in [-0.25, -0.2) is 24.7 Å². The number of ether oxygens (including phenoxy) is 1. The van der Waals surface area contributed by atoms with Crippen LogP contribution in [0.4, 0.5) is 4.79 Å². The normalized spacial score (nSPS) is 26.7. The minimum Gasteiger partial charge on any atom is -0.444 e. The van der Waals surface area contributed by atoms with Crippen molar-refractivity contribution in [2.75, 3.05) is 52.4 Å². The number of aromatic nitrogens is 4. The lowest BCUT2D eigenvalue weighted by Gasteiger charge is -2.26. The summed E-state index contributed by atoms with van der Waals surface area (Å²) in [5, 5.41) is 4.05. The molecule has 4 fully saturated rings. The van der Waals surface area contributed by atoms with Gasteiger partial charge in [-0.15, -0.1) is 0 Å². The lowest BCUT2D eigenvalue weighted by Crippen LogP contribution is -2.37. The average Bonchev–Trinajstić information content (AvgIpc) is 3.62. The first-order chi connectivity index (χ1) is 18.6. The van der Waals surface area contributed by atoms with E-state index in [0.29, 0.717) is 17.1 Å². The molecule has 0 aromatic carbocycles. The molecule has 39 heavy (non-hydrogen) atoms. The summed E-state index contributed by atoms with van der Waals surface area (Å²) in [5.41, 5.74) is 1.78. The largest absolute Gasteiger partial charge is 0.444 e. The van der Waals surface area contributed by atoms with Crippen molar-refractivity contribution in [2.45, 2.75) is 39.5 Å². The molecule has 12 heteroatoms. The lowest BCUT2D eigenvalue weighted by atomic mass is 10.0. The minimum absolute atomic E-state index is 0.190. The van der Waals surface area contributed by atoms with E-state index in [-0.39, 0.29) is 11.4 Å². The Balaban J connectivity index is 0.000000168. The molecule has 2 aromatic rings. The van der Waals surface area contributed by atoms with Crippen LogP contribution in [0.15, 0.2) is 24.8 Å². The Hall–Kier alpha value is -2.11. The maximum atomic E-state index is 12.2. The monoisotopic (exact) mass is 576 g/mol. The van der Waals surface area contributed by atoms with Crippen molar-refractivity contribution in [3.05, 3.63) is 46.5 Å². The van der Waals surface area contributed by atoms with E-state index >= 15 is 0 Å². The van der Waals surface area contributed by atoms with E-state index in [1.807, 2.05) is 38.1 Å². The molecule has 0 spiro atoms. The molecule has 0 unspecified atom stereocenters. The van der Waals surface area contributed by atoms with E-state index in [0.717, 1.165) is 62.2 Å². The Morgan fingerprint density at radius 2 is 1.21 bits per heavy atom. The van der Waals surface area contributed by atoms with E-state index in [1.54, 1.807) is 12.4 Å². The van der Waals surface area contributed by atoms with Gasteiger partial charge in [0.05, 0.1) is 0 Å². The number of halogens is 2. The number of hydrogen-bond donors (Lipinski definition) is 1. The highest BCUT2D eigenvalue weighted by atomic mass is 35.5. The Morgan fingerprint density at radius 3 is 1.62 bits per heavy atom. The van der Waals surface area contributed by atoms with Gasteiger partial charge in [-0.05, 0) is 80.7 Å². The van der Waals surface area contributed by atoms with Gasteiger partial charge < -0.3 is 15.0 Å². The third-order valence-electron chi connectivity index (χ3n) is 7.84. The SMILES string of the molecule is CC(C)(C)OC(=O)N1C[C@H]2CN(Cc3cnc(Cl)nc3)C[C@H]2C1.Clc1ncc(CN2C[C@H]3CNC[C@H]3C2)cn1. The average molecular weight is 578 g/mol. The Labute approximate surface area is 240 Å². The molecule has 4 aliphatic rings. The molecule has 0 aliphatic carbocycles. The first-order valence-electron chi connectivity index (χ1n) is 13.7. The first kappa shape index (κ1) is 28.4.